The minimum Gasteiger partial charge on any atom is -0.505 e. The van der Waals surface area contributed by atoms with Crippen LogP contribution in [0.25, 0.3) is 10.8 Å². The topological polar surface area (TPSA) is 99.5 Å². The molecule has 1 aromatic heterocycles. The Hall–Kier alpha value is -3.06. The molecule has 1 heterocycles. The maximum Gasteiger partial charge on any atom is 0.322 e. The van der Waals surface area contributed by atoms with Crippen molar-refractivity contribution in [2.45, 2.75) is 16.7 Å². The summed E-state index contributed by atoms with van der Waals surface area (Å²) in [4.78, 5) is 28.9. The number of fused-ring (bicyclic) bond motifs is 1. The minimum atomic E-state index is -1.17. The number of pyridine rings is 1. The highest BCUT2D eigenvalue weighted by Crippen LogP contribution is 2.34. The number of carbonyl (C=O) groups is 2. The molecular weight excluding hydrogens is 352 g/mol. The molecule has 0 saturated carbocycles. The molecule has 3 N–H and O–H groups in total. The average Bonchev–Trinajstić information content (AvgIpc) is 2.63. The Morgan fingerprint density at radius 2 is 1.81 bits per heavy atom. The molecule has 1 amide bonds. The van der Waals surface area contributed by atoms with Crippen LogP contribution in [-0.2, 0) is 4.79 Å². The molecule has 2 aromatic carbocycles. The predicted molar refractivity (Wildman–Crippen MR) is 98.7 cm³/mol. The molecule has 26 heavy (non-hydrogen) atoms. The molecule has 0 aliphatic heterocycles. The smallest absolute Gasteiger partial charge is 0.322 e. The summed E-state index contributed by atoms with van der Waals surface area (Å²) in [6, 6.07) is 15.4. The van der Waals surface area contributed by atoms with Gasteiger partial charge in [0.1, 0.15) is 6.54 Å². The van der Waals surface area contributed by atoms with Crippen LogP contribution in [0.4, 0.5) is 0 Å². The van der Waals surface area contributed by atoms with Gasteiger partial charge in [-0.05, 0) is 37.3 Å². The quantitative estimate of drug-likeness (QED) is 0.639. The number of nitrogens with one attached hydrogen (secondary N) is 1. The Balaban J connectivity index is 1.96. The second-order valence-corrected chi connectivity index (χ2v) is 6.74. The summed E-state index contributed by atoms with van der Waals surface area (Å²) in [5.74, 6) is -2.15. The highest BCUT2D eigenvalue weighted by molar-refractivity contribution is 7.99. The molecule has 0 fully saturated rings. The number of hydrogen-bond donors (Lipinski definition) is 3. The Bertz CT molecular complexity index is 990. The number of aryl methyl sites for hydroxylation is 1. The standard InChI is InChI=1S/C19H16N2O4S/c1-11-15-9-13(26-12-5-3-2-4-6-12)7-8-14(15)18(24)17(21-11)19(25)20-10-16(22)23/h2-9,24H,10H2,1H3,(H,20,25)(H,22,23). The molecule has 0 aliphatic rings. The summed E-state index contributed by atoms with van der Waals surface area (Å²) in [6.07, 6.45) is 0. The van der Waals surface area contributed by atoms with Gasteiger partial charge < -0.3 is 15.5 Å². The van der Waals surface area contributed by atoms with E-state index in [-0.39, 0.29) is 11.4 Å². The van der Waals surface area contributed by atoms with E-state index in [9.17, 15) is 14.7 Å². The number of aromatic hydroxyl groups is 1. The van der Waals surface area contributed by atoms with E-state index in [1.165, 1.54) is 0 Å². The number of rotatable bonds is 5. The monoisotopic (exact) mass is 368 g/mol. The van der Waals surface area contributed by atoms with Gasteiger partial charge in [0.25, 0.3) is 5.91 Å². The van der Waals surface area contributed by atoms with Crippen molar-refractivity contribution in [2.24, 2.45) is 0 Å². The van der Waals surface area contributed by atoms with E-state index in [1.807, 2.05) is 42.5 Å². The molecule has 0 spiro atoms. The summed E-state index contributed by atoms with van der Waals surface area (Å²) in [5, 5.41) is 22.5. The molecular formula is C19H16N2O4S. The van der Waals surface area contributed by atoms with E-state index in [1.54, 1.807) is 24.8 Å². The van der Waals surface area contributed by atoms with Gasteiger partial charge in [0.05, 0.1) is 0 Å². The summed E-state index contributed by atoms with van der Waals surface area (Å²) in [6.45, 7) is 1.20. The number of benzene rings is 2. The van der Waals surface area contributed by atoms with E-state index in [0.717, 1.165) is 15.2 Å². The van der Waals surface area contributed by atoms with Gasteiger partial charge >= 0.3 is 5.97 Å². The second kappa shape index (κ2) is 7.45. The van der Waals surface area contributed by atoms with Crippen LogP contribution in [0, 0.1) is 6.92 Å². The van der Waals surface area contributed by atoms with Crippen molar-refractivity contribution < 1.29 is 19.8 Å². The molecule has 0 unspecified atom stereocenters. The molecule has 0 aliphatic carbocycles. The first-order chi connectivity index (χ1) is 12.5. The molecule has 0 radical (unpaired) electrons. The van der Waals surface area contributed by atoms with Crippen LogP contribution in [0.5, 0.6) is 5.75 Å². The largest absolute Gasteiger partial charge is 0.505 e. The number of carboxylic acid groups (broad SMARTS) is 1. The van der Waals surface area contributed by atoms with Crippen LogP contribution >= 0.6 is 11.8 Å². The summed E-state index contributed by atoms with van der Waals surface area (Å²) in [5.41, 5.74) is 0.397. The Kier molecular flexibility index (Phi) is 5.09. The van der Waals surface area contributed by atoms with Gasteiger partial charge in [0.2, 0.25) is 0 Å². The van der Waals surface area contributed by atoms with E-state index >= 15 is 0 Å². The lowest BCUT2D eigenvalue weighted by molar-refractivity contribution is -0.135. The molecule has 6 nitrogen and oxygen atoms in total. The summed E-state index contributed by atoms with van der Waals surface area (Å²) >= 11 is 1.58. The highest BCUT2D eigenvalue weighted by atomic mass is 32.2. The van der Waals surface area contributed by atoms with Crippen LogP contribution in [0.2, 0.25) is 0 Å². The zero-order valence-corrected chi connectivity index (χ0v) is 14.7. The fourth-order valence-corrected chi connectivity index (χ4v) is 3.40. The van der Waals surface area contributed by atoms with Crippen molar-refractivity contribution in [3.05, 3.63) is 59.9 Å². The number of carboxylic acids is 1. The number of carbonyl (C=O) groups excluding carboxylic acids is 1. The first-order valence-corrected chi connectivity index (χ1v) is 8.63. The van der Waals surface area contributed by atoms with Crippen LogP contribution in [0.1, 0.15) is 16.2 Å². The van der Waals surface area contributed by atoms with E-state index < -0.39 is 18.4 Å². The van der Waals surface area contributed by atoms with Gasteiger partial charge in [-0.3, -0.25) is 9.59 Å². The van der Waals surface area contributed by atoms with Crippen molar-refractivity contribution in [3.8, 4) is 5.75 Å². The Morgan fingerprint density at radius 3 is 2.50 bits per heavy atom. The number of nitrogens with zero attached hydrogens (tertiary/aromatic N) is 1. The zero-order valence-electron chi connectivity index (χ0n) is 13.9. The van der Waals surface area contributed by atoms with Crippen LogP contribution < -0.4 is 5.32 Å². The number of amides is 1. The third kappa shape index (κ3) is 3.78. The third-order valence-electron chi connectivity index (χ3n) is 3.73. The van der Waals surface area contributed by atoms with Crippen LogP contribution in [-0.4, -0.2) is 33.6 Å². The highest BCUT2D eigenvalue weighted by Gasteiger charge is 2.18. The van der Waals surface area contributed by atoms with Gasteiger partial charge in [-0.25, -0.2) is 4.98 Å². The lowest BCUT2D eigenvalue weighted by atomic mass is 10.1. The second-order valence-electron chi connectivity index (χ2n) is 5.59. The fraction of sp³-hybridized carbons (Fsp3) is 0.105. The van der Waals surface area contributed by atoms with Gasteiger partial charge in [-0.1, -0.05) is 30.0 Å². The molecule has 3 rings (SSSR count). The lowest BCUT2D eigenvalue weighted by Crippen LogP contribution is -2.30. The maximum atomic E-state index is 12.1. The summed E-state index contributed by atoms with van der Waals surface area (Å²) in [7, 11) is 0. The molecule has 7 heteroatoms. The van der Waals surface area contributed by atoms with Crippen molar-refractivity contribution in [1.29, 1.82) is 0 Å². The van der Waals surface area contributed by atoms with Crippen molar-refractivity contribution in [1.82, 2.24) is 10.3 Å². The lowest BCUT2D eigenvalue weighted by Gasteiger charge is -2.11. The van der Waals surface area contributed by atoms with Crippen molar-refractivity contribution in [2.75, 3.05) is 6.54 Å². The van der Waals surface area contributed by atoms with Crippen LogP contribution in [0.3, 0.4) is 0 Å². The molecule has 132 valence electrons. The van der Waals surface area contributed by atoms with Gasteiger partial charge in [0, 0.05) is 26.3 Å². The average molecular weight is 368 g/mol. The fourth-order valence-electron chi connectivity index (χ4n) is 2.52. The zero-order chi connectivity index (χ0) is 18.7. The van der Waals surface area contributed by atoms with E-state index in [0.29, 0.717) is 11.1 Å². The van der Waals surface area contributed by atoms with Gasteiger partial charge in [-0.15, -0.1) is 0 Å². The van der Waals surface area contributed by atoms with Crippen molar-refractivity contribution >= 4 is 34.4 Å². The first-order valence-electron chi connectivity index (χ1n) is 7.82. The van der Waals surface area contributed by atoms with Crippen LogP contribution in [0.15, 0.2) is 58.3 Å². The summed E-state index contributed by atoms with van der Waals surface area (Å²) < 4.78 is 0. The first kappa shape index (κ1) is 17.8. The van der Waals surface area contributed by atoms with Gasteiger partial charge in [-0.2, -0.15) is 0 Å². The normalized spacial score (nSPS) is 10.7. The van der Waals surface area contributed by atoms with Gasteiger partial charge in [0.15, 0.2) is 11.4 Å². The minimum absolute atomic E-state index is 0.181. The third-order valence-corrected chi connectivity index (χ3v) is 4.73. The Labute approximate surface area is 153 Å². The number of aliphatic carboxylic acids is 1. The SMILES string of the molecule is Cc1nc(C(=O)NCC(=O)O)c(O)c2ccc(Sc3ccccc3)cc12. The molecule has 0 atom stereocenters. The Morgan fingerprint density at radius 1 is 1.08 bits per heavy atom. The van der Waals surface area contributed by atoms with E-state index in [2.05, 4.69) is 10.3 Å². The predicted octanol–water partition coefficient (Wildman–Crippen LogP) is 3.21. The number of aromatic nitrogens is 1. The van der Waals surface area contributed by atoms with E-state index in [4.69, 9.17) is 5.11 Å². The van der Waals surface area contributed by atoms with Crippen molar-refractivity contribution in [3.63, 3.8) is 0 Å². The molecule has 3 aromatic rings. The molecule has 0 bridgehead atoms. The number of hydrogen-bond acceptors (Lipinski definition) is 5. The maximum absolute atomic E-state index is 12.1. The molecule has 0 saturated heterocycles.